The van der Waals surface area contributed by atoms with E-state index >= 15 is 0 Å². The topological polar surface area (TPSA) is 95.6 Å². The molecular formula is C29H37N3O4S. The second-order valence-electron chi connectivity index (χ2n) is 10.2. The molecule has 0 bridgehead atoms. The predicted octanol–water partition coefficient (Wildman–Crippen LogP) is 4.04. The van der Waals surface area contributed by atoms with Crippen LogP contribution in [0.25, 0.3) is 0 Å². The maximum Gasteiger partial charge on any atom is 0.243 e. The van der Waals surface area contributed by atoms with E-state index in [1.54, 1.807) is 19.1 Å². The first kappa shape index (κ1) is 27.0. The van der Waals surface area contributed by atoms with E-state index in [2.05, 4.69) is 16.7 Å². The molecule has 2 atom stereocenters. The van der Waals surface area contributed by atoms with Gasteiger partial charge in [0.25, 0.3) is 0 Å². The predicted molar refractivity (Wildman–Crippen MR) is 148 cm³/mol. The largest absolute Gasteiger partial charge is 0.352 e. The number of carbonyl (C=O) groups is 3. The highest BCUT2D eigenvalue weighted by Gasteiger charge is 2.32. The third-order valence-corrected chi connectivity index (χ3v) is 8.43. The summed E-state index contributed by atoms with van der Waals surface area (Å²) in [6.07, 6.45) is 8.01. The fraction of sp³-hybridized carbons (Fsp3) is 0.483. The molecule has 37 heavy (non-hydrogen) atoms. The highest BCUT2D eigenvalue weighted by atomic mass is 32.2. The average Bonchev–Trinajstić information content (AvgIpc) is 3.38. The minimum Gasteiger partial charge on any atom is -0.352 e. The van der Waals surface area contributed by atoms with Gasteiger partial charge in [-0.25, -0.2) is 0 Å². The summed E-state index contributed by atoms with van der Waals surface area (Å²) < 4.78 is 12.9. The summed E-state index contributed by atoms with van der Waals surface area (Å²) in [6.45, 7) is 3.69. The number of hydrogen-bond donors (Lipinski definition) is 2. The molecule has 1 fully saturated rings. The van der Waals surface area contributed by atoms with Gasteiger partial charge in [0.05, 0.1) is 0 Å². The first-order chi connectivity index (χ1) is 17.8. The fourth-order valence-corrected chi connectivity index (χ4v) is 6.17. The summed E-state index contributed by atoms with van der Waals surface area (Å²) in [6, 6.07) is 12.6. The van der Waals surface area contributed by atoms with Crippen LogP contribution < -0.4 is 15.5 Å². The van der Waals surface area contributed by atoms with Crippen LogP contribution in [0, 0.1) is 6.92 Å². The quantitative estimate of drug-likeness (QED) is 0.519. The summed E-state index contributed by atoms with van der Waals surface area (Å²) >= 11 is 0. The number of carbonyl (C=O) groups excluding carboxylic acids is 3. The Morgan fingerprint density at radius 2 is 1.68 bits per heavy atom. The number of amides is 3. The molecule has 2 aromatic rings. The molecule has 0 unspecified atom stereocenters. The molecule has 0 saturated heterocycles. The van der Waals surface area contributed by atoms with E-state index in [9.17, 15) is 18.6 Å². The van der Waals surface area contributed by atoms with E-state index in [4.69, 9.17) is 0 Å². The Hall–Kier alpha value is -3.00. The summed E-state index contributed by atoms with van der Waals surface area (Å²) in [5.41, 5.74) is 4.70. The molecule has 7 nitrogen and oxygen atoms in total. The lowest BCUT2D eigenvalue weighted by Gasteiger charge is -2.33. The van der Waals surface area contributed by atoms with Crippen LogP contribution in [0.1, 0.15) is 62.1 Å². The number of anilines is 2. The summed E-state index contributed by atoms with van der Waals surface area (Å²) in [4.78, 5) is 40.8. The van der Waals surface area contributed by atoms with Gasteiger partial charge >= 0.3 is 0 Å². The SMILES string of the molecule is Cc1ccc(NC(=O)C[S@](=O)CC(=O)N(c2cccc3c2CCCC3)[C@H](C)C(=O)NC2CCCC2)cc1. The zero-order chi connectivity index (χ0) is 26.4. The van der Waals surface area contributed by atoms with Crippen LogP contribution in [-0.2, 0) is 38.0 Å². The van der Waals surface area contributed by atoms with E-state index in [0.29, 0.717) is 5.69 Å². The zero-order valence-corrected chi connectivity index (χ0v) is 22.6. The molecule has 4 rings (SSSR count). The number of hydrogen-bond acceptors (Lipinski definition) is 4. The lowest BCUT2D eigenvalue weighted by atomic mass is 9.89. The van der Waals surface area contributed by atoms with Gasteiger partial charge in [-0.1, -0.05) is 42.7 Å². The molecule has 2 aliphatic rings. The van der Waals surface area contributed by atoms with Crippen LogP contribution >= 0.6 is 0 Å². The number of fused-ring (bicyclic) bond motifs is 1. The van der Waals surface area contributed by atoms with Gasteiger partial charge in [-0.2, -0.15) is 0 Å². The second kappa shape index (κ2) is 12.5. The maximum atomic E-state index is 13.6. The van der Waals surface area contributed by atoms with Crippen LogP contribution in [0.5, 0.6) is 0 Å². The number of nitrogens with one attached hydrogen (secondary N) is 2. The van der Waals surface area contributed by atoms with Gasteiger partial charge in [0.2, 0.25) is 17.7 Å². The van der Waals surface area contributed by atoms with Gasteiger partial charge in [-0.15, -0.1) is 0 Å². The van der Waals surface area contributed by atoms with Crippen molar-refractivity contribution in [2.75, 3.05) is 21.7 Å². The molecule has 198 valence electrons. The molecule has 1 saturated carbocycles. The van der Waals surface area contributed by atoms with Gasteiger partial charge in [-0.3, -0.25) is 23.5 Å². The molecule has 0 radical (unpaired) electrons. The monoisotopic (exact) mass is 523 g/mol. The Bertz CT molecular complexity index is 1160. The van der Waals surface area contributed by atoms with Gasteiger partial charge in [0.1, 0.15) is 17.5 Å². The van der Waals surface area contributed by atoms with Crippen molar-refractivity contribution in [3.63, 3.8) is 0 Å². The second-order valence-corrected chi connectivity index (χ2v) is 11.7. The normalized spacial score (nSPS) is 16.9. The smallest absolute Gasteiger partial charge is 0.243 e. The highest BCUT2D eigenvalue weighted by molar-refractivity contribution is 7.86. The Labute approximate surface area is 221 Å². The van der Waals surface area contributed by atoms with E-state index in [0.717, 1.165) is 68.2 Å². The minimum absolute atomic E-state index is 0.135. The molecule has 3 amide bonds. The van der Waals surface area contributed by atoms with Crippen LogP contribution in [0.2, 0.25) is 0 Å². The van der Waals surface area contributed by atoms with Crippen molar-refractivity contribution in [2.24, 2.45) is 0 Å². The summed E-state index contributed by atoms with van der Waals surface area (Å²) in [5.74, 6) is -1.63. The summed E-state index contributed by atoms with van der Waals surface area (Å²) in [5, 5.41) is 5.84. The van der Waals surface area contributed by atoms with Crippen molar-refractivity contribution >= 4 is 39.9 Å². The average molecular weight is 524 g/mol. The van der Waals surface area contributed by atoms with Crippen molar-refractivity contribution in [2.45, 2.75) is 77.3 Å². The molecule has 2 aromatic carbocycles. The van der Waals surface area contributed by atoms with Gasteiger partial charge in [0.15, 0.2) is 0 Å². The minimum atomic E-state index is -1.72. The molecule has 0 aromatic heterocycles. The molecule has 2 aliphatic carbocycles. The van der Waals surface area contributed by atoms with Gasteiger partial charge < -0.3 is 10.6 Å². The van der Waals surface area contributed by atoms with Crippen molar-refractivity contribution in [1.29, 1.82) is 0 Å². The van der Waals surface area contributed by atoms with E-state index in [-0.39, 0.29) is 23.5 Å². The number of nitrogens with zero attached hydrogens (tertiary/aromatic N) is 1. The van der Waals surface area contributed by atoms with Crippen LogP contribution in [0.4, 0.5) is 11.4 Å². The van der Waals surface area contributed by atoms with Crippen molar-refractivity contribution in [1.82, 2.24) is 5.32 Å². The molecule has 2 N–H and O–H groups in total. The molecular weight excluding hydrogens is 486 g/mol. The Kier molecular flexibility index (Phi) is 9.14. The lowest BCUT2D eigenvalue weighted by molar-refractivity contribution is -0.125. The number of rotatable bonds is 9. The Morgan fingerprint density at radius 1 is 0.973 bits per heavy atom. The third-order valence-electron chi connectivity index (χ3n) is 7.28. The van der Waals surface area contributed by atoms with Crippen LogP contribution in [0.15, 0.2) is 42.5 Å². The van der Waals surface area contributed by atoms with E-state index < -0.39 is 28.7 Å². The Morgan fingerprint density at radius 3 is 2.41 bits per heavy atom. The first-order valence-corrected chi connectivity index (χ1v) is 14.8. The molecule has 8 heteroatoms. The van der Waals surface area contributed by atoms with Crippen LogP contribution in [-0.4, -0.2) is 45.5 Å². The first-order valence-electron chi connectivity index (χ1n) is 13.3. The molecule has 0 spiro atoms. The Balaban J connectivity index is 1.49. The molecule has 0 heterocycles. The molecule has 0 aliphatic heterocycles. The van der Waals surface area contributed by atoms with Crippen LogP contribution in [0.3, 0.4) is 0 Å². The fourth-order valence-electron chi connectivity index (χ4n) is 5.29. The van der Waals surface area contributed by atoms with Crippen molar-refractivity contribution in [3.05, 3.63) is 59.2 Å². The van der Waals surface area contributed by atoms with Crippen molar-refractivity contribution in [3.8, 4) is 0 Å². The standard InChI is InChI=1S/C29H37N3O4S/c1-20-14-16-24(17-15-20)30-27(33)18-37(36)19-28(34)32(21(2)29(35)31-23-10-4-5-11-23)26-13-7-9-22-8-3-6-12-25(22)26/h7,9,13-17,21,23H,3-6,8,10-12,18-19H2,1-2H3,(H,30,33)(H,31,35)/t21-,37+/m1/s1. The van der Waals surface area contributed by atoms with E-state index in [1.807, 2.05) is 31.2 Å². The third kappa shape index (κ3) is 7.06. The number of aryl methyl sites for hydroxylation is 2. The summed E-state index contributed by atoms with van der Waals surface area (Å²) in [7, 11) is -1.72. The lowest BCUT2D eigenvalue weighted by Crippen LogP contribution is -2.52. The zero-order valence-electron chi connectivity index (χ0n) is 21.8. The number of benzene rings is 2. The van der Waals surface area contributed by atoms with Gasteiger partial charge in [0, 0.05) is 28.2 Å². The van der Waals surface area contributed by atoms with E-state index in [1.165, 1.54) is 10.5 Å². The van der Waals surface area contributed by atoms with Gasteiger partial charge in [-0.05, 0) is 81.7 Å². The maximum absolute atomic E-state index is 13.6. The van der Waals surface area contributed by atoms with Crippen molar-refractivity contribution < 1.29 is 18.6 Å². The highest BCUT2D eigenvalue weighted by Crippen LogP contribution is 2.32.